The van der Waals surface area contributed by atoms with Crippen molar-refractivity contribution in [3.05, 3.63) is 105 Å². The number of allylic oxidation sites excluding steroid dienone is 1. The highest BCUT2D eigenvalue weighted by molar-refractivity contribution is 7.90. The van der Waals surface area contributed by atoms with Gasteiger partial charge in [0.05, 0.1) is 33.7 Å². The number of aromatic amines is 1. The number of sulfonamides is 1. The van der Waals surface area contributed by atoms with Crippen molar-refractivity contribution in [3.8, 4) is 11.6 Å². The molecule has 0 saturated carbocycles. The van der Waals surface area contributed by atoms with E-state index < -0.39 is 31.4 Å². The van der Waals surface area contributed by atoms with Crippen LogP contribution in [0.2, 0.25) is 5.02 Å². The number of H-pyrrole nitrogens is 1. The van der Waals surface area contributed by atoms with Gasteiger partial charge in [0.25, 0.3) is 21.6 Å². The van der Waals surface area contributed by atoms with Gasteiger partial charge in [0.15, 0.2) is 11.4 Å². The first-order valence-corrected chi connectivity index (χ1v) is 24.9. The second kappa shape index (κ2) is 18.0. The number of carbonyl (C=O) groups excluding carboxylic acids is 1. The number of ether oxygens (including phenoxy) is 3. The van der Waals surface area contributed by atoms with Crippen molar-refractivity contribution >= 4 is 72.6 Å². The first-order valence-electron chi connectivity index (χ1n) is 23.1. The van der Waals surface area contributed by atoms with E-state index in [-0.39, 0.29) is 47.1 Å². The summed E-state index contributed by atoms with van der Waals surface area (Å²) < 4.78 is 48.3. The van der Waals surface area contributed by atoms with Crippen molar-refractivity contribution in [1.29, 1.82) is 0 Å². The SMILES string of the molecule is C[C@@H]1CN(c2cc(N3CCN(CC4=C(c5ccc(Cl)cc5)CC(C)(C)CC4)CC3)ccc2C(=O)NS(=O)(=O)c2cc3c(c([N+](=O)[O-])c2)N[C@@H](C2CCOCC2)CO3)c2cc3cc[nH]c3nc2O1. The lowest BCUT2D eigenvalue weighted by Gasteiger charge is -2.40. The Morgan fingerprint density at radius 1 is 1.01 bits per heavy atom. The maximum absolute atomic E-state index is 14.5. The molecule has 6 heterocycles. The third-order valence-corrected chi connectivity index (χ3v) is 15.5. The van der Waals surface area contributed by atoms with Gasteiger partial charge in [0, 0.05) is 80.4 Å². The number of benzene rings is 3. The van der Waals surface area contributed by atoms with E-state index >= 15 is 0 Å². The molecule has 5 aliphatic rings. The molecule has 2 saturated heterocycles. The highest BCUT2D eigenvalue weighted by Gasteiger charge is 2.37. The van der Waals surface area contributed by atoms with Crippen LogP contribution < -0.4 is 29.3 Å². The molecule has 0 spiro atoms. The number of pyridine rings is 1. The number of halogens is 1. The molecule has 2 atom stereocenters. The number of nitrogens with zero attached hydrogens (tertiary/aromatic N) is 5. The van der Waals surface area contributed by atoms with Gasteiger partial charge in [0.2, 0.25) is 5.88 Å². The molecule has 0 bridgehead atoms. The number of nitrogens with one attached hydrogen (secondary N) is 3. The summed E-state index contributed by atoms with van der Waals surface area (Å²) in [5.74, 6) is -0.326. The van der Waals surface area contributed by atoms with Gasteiger partial charge in [-0.25, -0.2) is 13.1 Å². The smallest absolute Gasteiger partial charge is 0.297 e. The predicted molar refractivity (Wildman–Crippen MR) is 258 cm³/mol. The van der Waals surface area contributed by atoms with E-state index in [0.717, 1.165) is 87.0 Å². The average Bonchev–Trinajstić information content (AvgIpc) is 3.78. The van der Waals surface area contributed by atoms with Crippen molar-refractivity contribution in [3.63, 3.8) is 0 Å². The van der Waals surface area contributed by atoms with E-state index in [1.54, 1.807) is 12.3 Å². The molecule has 0 radical (unpaired) electrons. The van der Waals surface area contributed by atoms with Crippen LogP contribution in [-0.4, -0.2) is 105 Å². The van der Waals surface area contributed by atoms with E-state index in [0.29, 0.717) is 42.7 Å². The third kappa shape index (κ3) is 9.26. The molecule has 1 amide bonds. The van der Waals surface area contributed by atoms with Crippen LogP contribution in [0.3, 0.4) is 0 Å². The number of hydrogen-bond donors (Lipinski definition) is 3. The topological polar surface area (TPSA) is 184 Å². The first kappa shape index (κ1) is 44.9. The summed E-state index contributed by atoms with van der Waals surface area (Å²) in [5, 5.41) is 17.2. The number of rotatable bonds is 10. The molecular formula is C49H55ClN8O8S. The van der Waals surface area contributed by atoms with Crippen molar-refractivity contribution in [2.45, 2.75) is 69.9 Å². The third-order valence-electron chi connectivity index (χ3n) is 13.9. The summed E-state index contributed by atoms with van der Waals surface area (Å²) >= 11 is 6.28. The second-order valence-electron chi connectivity index (χ2n) is 19.2. The minimum Gasteiger partial charge on any atom is -0.489 e. The molecule has 4 aliphatic heterocycles. The number of hydrogen-bond acceptors (Lipinski definition) is 13. The molecule has 10 rings (SSSR count). The lowest BCUT2D eigenvalue weighted by atomic mass is 9.72. The number of carbonyl (C=O) groups is 1. The molecule has 67 heavy (non-hydrogen) atoms. The predicted octanol–water partition coefficient (Wildman–Crippen LogP) is 8.55. The van der Waals surface area contributed by atoms with Crippen LogP contribution in [-0.2, 0) is 14.8 Å². The Hall–Kier alpha value is -5.88. The molecule has 16 nitrogen and oxygen atoms in total. The number of anilines is 4. The zero-order chi connectivity index (χ0) is 46.6. The van der Waals surface area contributed by atoms with Crippen LogP contribution in [0.15, 0.2) is 83.4 Å². The summed E-state index contributed by atoms with van der Waals surface area (Å²) in [6.45, 7) is 12.3. The van der Waals surface area contributed by atoms with Crippen LogP contribution in [0.1, 0.15) is 68.8 Å². The monoisotopic (exact) mass is 950 g/mol. The van der Waals surface area contributed by atoms with Gasteiger partial charge in [0.1, 0.15) is 24.0 Å². The maximum atomic E-state index is 14.5. The molecule has 1 aliphatic carbocycles. The number of fused-ring (bicyclic) bond motifs is 3. The molecule has 2 aromatic heterocycles. The second-order valence-corrected chi connectivity index (χ2v) is 21.3. The number of nitro benzene ring substituents is 1. The molecule has 3 aromatic carbocycles. The molecular weight excluding hydrogens is 896 g/mol. The fourth-order valence-electron chi connectivity index (χ4n) is 10.2. The van der Waals surface area contributed by atoms with Crippen LogP contribution >= 0.6 is 11.6 Å². The first-order chi connectivity index (χ1) is 32.2. The molecule has 5 aromatic rings. The average molecular weight is 952 g/mol. The van der Waals surface area contributed by atoms with Crippen LogP contribution in [0.25, 0.3) is 16.6 Å². The Bertz CT molecular complexity index is 2870. The van der Waals surface area contributed by atoms with Crippen molar-refractivity contribution < 1.29 is 32.3 Å². The lowest BCUT2D eigenvalue weighted by molar-refractivity contribution is -0.384. The molecule has 2 fully saturated rings. The van der Waals surface area contributed by atoms with E-state index in [4.69, 9.17) is 30.8 Å². The fraction of sp³-hybridized carbons (Fsp3) is 0.429. The zero-order valence-corrected chi connectivity index (χ0v) is 39.4. The number of aromatic nitrogens is 2. The molecule has 18 heteroatoms. The summed E-state index contributed by atoms with van der Waals surface area (Å²) in [6.07, 6.45) is 6.19. The van der Waals surface area contributed by atoms with E-state index in [1.165, 1.54) is 22.8 Å². The van der Waals surface area contributed by atoms with Gasteiger partial charge in [-0.2, -0.15) is 4.98 Å². The maximum Gasteiger partial charge on any atom is 0.297 e. The van der Waals surface area contributed by atoms with Crippen LogP contribution in [0.5, 0.6) is 11.6 Å². The van der Waals surface area contributed by atoms with Gasteiger partial charge in [-0.3, -0.25) is 19.8 Å². The molecule has 3 N–H and O–H groups in total. The molecule has 352 valence electrons. The van der Waals surface area contributed by atoms with Crippen molar-refractivity contribution in [2.75, 3.05) is 74.2 Å². The highest BCUT2D eigenvalue weighted by atomic mass is 35.5. The minimum absolute atomic E-state index is 0.0272. The standard InChI is InChI=1S/C49H55ClN8O8S/c1-30-27-57(43-22-33-11-15-51-46(33)53-48(43)66-30)41-23-36(56-18-16-55(17-19-56)28-34-10-14-49(2,3)26-39(34)31-4-6-35(50)7-5-31)8-9-38(41)47(59)54-67(62,63)37-24-42(58(60)61)45-44(25-37)65-29-40(52-45)32-12-20-64-21-13-32/h4-9,11,15,22-25,30,32,40,52H,10,12-14,16-21,26-29H2,1-3H3,(H,51,53)(H,54,59)/t30-,40-/m1/s1. The normalized spacial score (nSPS) is 21.2. The quantitative estimate of drug-likeness (QED) is 0.0895. The number of nitro groups is 1. The van der Waals surface area contributed by atoms with Gasteiger partial charge >= 0.3 is 0 Å². The Labute approximate surface area is 394 Å². The van der Waals surface area contributed by atoms with Gasteiger partial charge in [-0.15, -0.1) is 0 Å². The Morgan fingerprint density at radius 2 is 1.79 bits per heavy atom. The van der Waals surface area contributed by atoms with E-state index in [9.17, 15) is 23.3 Å². The summed E-state index contributed by atoms with van der Waals surface area (Å²) in [6, 6.07) is 19.5. The fourth-order valence-corrected chi connectivity index (χ4v) is 11.4. The van der Waals surface area contributed by atoms with E-state index in [1.807, 2.05) is 48.2 Å². The zero-order valence-electron chi connectivity index (χ0n) is 37.8. The number of piperazine rings is 1. The van der Waals surface area contributed by atoms with Crippen molar-refractivity contribution in [1.82, 2.24) is 19.6 Å². The largest absolute Gasteiger partial charge is 0.489 e. The summed E-state index contributed by atoms with van der Waals surface area (Å²) in [5.41, 5.74) is 6.68. The molecule has 0 unspecified atom stereocenters. The van der Waals surface area contributed by atoms with Gasteiger partial charge < -0.3 is 34.3 Å². The Balaban J connectivity index is 0.937. The van der Waals surface area contributed by atoms with Crippen LogP contribution in [0.4, 0.5) is 28.4 Å². The summed E-state index contributed by atoms with van der Waals surface area (Å²) in [4.78, 5) is 40.5. The highest BCUT2D eigenvalue weighted by Crippen LogP contribution is 2.45. The Kier molecular flexibility index (Phi) is 12.1. The number of amides is 1. The van der Waals surface area contributed by atoms with Crippen molar-refractivity contribution in [2.24, 2.45) is 11.3 Å². The van der Waals surface area contributed by atoms with Crippen LogP contribution in [0, 0.1) is 21.4 Å². The van der Waals surface area contributed by atoms with Gasteiger partial charge in [-0.05, 0) is 104 Å². The summed E-state index contributed by atoms with van der Waals surface area (Å²) in [7, 11) is -4.66. The lowest BCUT2D eigenvalue weighted by Crippen LogP contribution is -2.47. The Morgan fingerprint density at radius 3 is 2.55 bits per heavy atom. The van der Waals surface area contributed by atoms with Gasteiger partial charge in [-0.1, -0.05) is 43.2 Å². The minimum atomic E-state index is -4.66. The van der Waals surface area contributed by atoms with E-state index in [2.05, 4.69) is 50.8 Å².